The maximum Gasteiger partial charge on any atom is 0.0777 e. The van der Waals surface area contributed by atoms with Gasteiger partial charge in [-0.15, -0.1) is 0 Å². The topological polar surface area (TPSA) is 58.7 Å². The largest absolute Gasteiger partial charge is 0.389 e. The van der Waals surface area contributed by atoms with Crippen molar-refractivity contribution in [1.29, 1.82) is 0 Å². The van der Waals surface area contributed by atoms with E-state index in [9.17, 15) is 5.11 Å². The average Bonchev–Trinajstić information content (AvgIpc) is 2.28. The van der Waals surface area contributed by atoms with Crippen LogP contribution in [0.5, 0.6) is 0 Å². The quantitative estimate of drug-likeness (QED) is 0.757. The molecule has 1 saturated heterocycles. The molecular weight excluding hydrogens is 216 g/mol. The molecule has 1 fully saturated rings. The molecule has 4 heteroatoms. The minimum atomic E-state index is -0.764. The molecule has 0 saturated carbocycles. The van der Waals surface area contributed by atoms with Gasteiger partial charge in [0.05, 0.1) is 11.2 Å². The molecule has 17 heavy (non-hydrogen) atoms. The first kappa shape index (κ1) is 14.9. The van der Waals surface area contributed by atoms with Crippen LogP contribution in [-0.4, -0.2) is 54.0 Å². The van der Waals surface area contributed by atoms with Gasteiger partial charge in [-0.05, 0) is 46.6 Å². The number of rotatable bonds is 5. The SMILES string of the molecule is COC1(C)CCCN(C(C)CC(C)(O)CN)C1. The molecule has 0 aromatic carbocycles. The molecule has 0 spiro atoms. The lowest BCUT2D eigenvalue weighted by Crippen LogP contribution is -2.52. The Kier molecular flexibility index (Phi) is 4.95. The second-order valence-corrected chi connectivity index (χ2v) is 5.98. The highest BCUT2D eigenvalue weighted by atomic mass is 16.5. The van der Waals surface area contributed by atoms with E-state index in [1.165, 1.54) is 0 Å². The van der Waals surface area contributed by atoms with Crippen molar-refractivity contribution in [3.63, 3.8) is 0 Å². The van der Waals surface area contributed by atoms with Gasteiger partial charge in [0.15, 0.2) is 0 Å². The van der Waals surface area contributed by atoms with Crippen LogP contribution in [0.25, 0.3) is 0 Å². The zero-order valence-corrected chi connectivity index (χ0v) is 11.7. The summed E-state index contributed by atoms with van der Waals surface area (Å²) in [6.45, 7) is 8.46. The van der Waals surface area contributed by atoms with Crippen LogP contribution in [0.2, 0.25) is 0 Å². The van der Waals surface area contributed by atoms with Gasteiger partial charge in [-0.1, -0.05) is 0 Å². The summed E-state index contributed by atoms with van der Waals surface area (Å²) in [6.07, 6.45) is 2.97. The third kappa shape index (κ3) is 4.21. The molecule has 3 N–H and O–H groups in total. The summed E-state index contributed by atoms with van der Waals surface area (Å²) in [5.41, 5.74) is 4.77. The number of methoxy groups -OCH3 is 1. The van der Waals surface area contributed by atoms with Crippen molar-refractivity contribution in [2.75, 3.05) is 26.7 Å². The second kappa shape index (κ2) is 5.65. The molecule has 1 heterocycles. The highest BCUT2D eigenvalue weighted by molar-refractivity contribution is 4.89. The molecule has 0 aliphatic carbocycles. The van der Waals surface area contributed by atoms with Crippen molar-refractivity contribution in [3.8, 4) is 0 Å². The molecule has 1 aliphatic heterocycles. The molecule has 0 bridgehead atoms. The number of nitrogens with zero attached hydrogens (tertiary/aromatic N) is 1. The predicted molar refractivity (Wildman–Crippen MR) is 70.0 cm³/mol. The van der Waals surface area contributed by atoms with E-state index in [4.69, 9.17) is 10.5 Å². The summed E-state index contributed by atoms with van der Waals surface area (Å²) in [6, 6.07) is 0.336. The Balaban J connectivity index is 2.55. The second-order valence-electron chi connectivity index (χ2n) is 5.98. The Labute approximate surface area is 105 Å². The molecule has 3 unspecified atom stereocenters. The average molecular weight is 244 g/mol. The molecule has 0 aromatic rings. The van der Waals surface area contributed by atoms with Crippen LogP contribution in [-0.2, 0) is 4.74 Å². The Morgan fingerprint density at radius 2 is 2.24 bits per heavy atom. The minimum absolute atomic E-state index is 0.0406. The van der Waals surface area contributed by atoms with Gasteiger partial charge in [0.25, 0.3) is 0 Å². The third-order valence-corrected chi connectivity index (χ3v) is 3.98. The summed E-state index contributed by atoms with van der Waals surface area (Å²) < 4.78 is 5.59. The molecule has 1 aliphatic rings. The van der Waals surface area contributed by atoms with Crippen LogP contribution in [0, 0.1) is 0 Å². The summed E-state index contributed by atoms with van der Waals surface area (Å²) in [5, 5.41) is 10.0. The van der Waals surface area contributed by atoms with Crippen molar-refractivity contribution >= 4 is 0 Å². The zero-order valence-electron chi connectivity index (χ0n) is 11.7. The lowest BCUT2D eigenvalue weighted by molar-refractivity contribution is -0.0685. The van der Waals surface area contributed by atoms with Gasteiger partial charge in [-0.3, -0.25) is 4.90 Å². The number of aliphatic hydroxyl groups is 1. The Morgan fingerprint density at radius 1 is 1.59 bits per heavy atom. The van der Waals surface area contributed by atoms with Crippen LogP contribution < -0.4 is 5.73 Å². The van der Waals surface area contributed by atoms with E-state index in [0.717, 1.165) is 25.9 Å². The van der Waals surface area contributed by atoms with E-state index in [-0.39, 0.29) is 5.60 Å². The molecule has 1 rings (SSSR count). The first-order valence-corrected chi connectivity index (χ1v) is 6.53. The Morgan fingerprint density at radius 3 is 2.76 bits per heavy atom. The van der Waals surface area contributed by atoms with Gasteiger partial charge in [0, 0.05) is 26.2 Å². The molecule has 0 aromatic heterocycles. The monoisotopic (exact) mass is 244 g/mol. The van der Waals surface area contributed by atoms with Gasteiger partial charge >= 0.3 is 0 Å². The summed E-state index contributed by atoms with van der Waals surface area (Å²) >= 11 is 0. The van der Waals surface area contributed by atoms with Crippen molar-refractivity contribution in [1.82, 2.24) is 4.90 Å². The summed E-state index contributed by atoms with van der Waals surface area (Å²) in [5.74, 6) is 0. The van der Waals surface area contributed by atoms with Crippen LogP contribution in [0.4, 0.5) is 0 Å². The van der Waals surface area contributed by atoms with Crippen LogP contribution in [0.1, 0.15) is 40.0 Å². The molecule has 0 radical (unpaired) electrons. The van der Waals surface area contributed by atoms with Gasteiger partial charge < -0.3 is 15.6 Å². The van der Waals surface area contributed by atoms with E-state index in [1.807, 2.05) is 6.92 Å². The Bertz CT molecular complexity index is 246. The standard InChI is InChI=1S/C13H28N2O2/c1-11(8-12(2,16)9-14)15-7-5-6-13(3,10-15)17-4/h11,16H,5-10,14H2,1-4H3. The lowest BCUT2D eigenvalue weighted by atomic mass is 9.91. The fraction of sp³-hybridized carbons (Fsp3) is 1.00. The predicted octanol–water partition coefficient (Wildman–Crippen LogP) is 0.976. The van der Waals surface area contributed by atoms with Crippen LogP contribution in [0.15, 0.2) is 0 Å². The van der Waals surface area contributed by atoms with E-state index >= 15 is 0 Å². The van der Waals surface area contributed by atoms with Crippen LogP contribution in [0.3, 0.4) is 0 Å². The maximum absolute atomic E-state index is 10.0. The van der Waals surface area contributed by atoms with Gasteiger partial charge in [-0.25, -0.2) is 0 Å². The van der Waals surface area contributed by atoms with Crippen molar-refractivity contribution in [2.24, 2.45) is 5.73 Å². The molecule has 0 amide bonds. The van der Waals surface area contributed by atoms with E-state index in [2.05, 4.69) is 18.7 Å². The van der Waals surface area contributed by atoms with Crippen LogP contribution >= 0.6 is 0 Å². The lowest BCUT2D eigenvalue weighted by Gasteiger charge is -2.43. The molecule has 4 nitrogen and oxygen atoms in total. The fourth-order valence-corrected chi connectivity index (χ4v) is 2.64. The zero-order chi connectivity index (χ0) is 13.1. The van der Waals surface area contributed by atoms with E-state index in [0.29, 0.717) is 19.0 Å². The number of hydrogen-bond acceptors (Lipinski definition) is 4. The molecule has 102 valence electrons. The fourth-order valence-electron chi connectivity index (χ4n) is 2.64. The summed E-state index contributed by atoms with van der Waals surface area (Å²) in [7, 11) is 1.78. The van der Waals surface area contributed by atoms with Gasteiger partial charge in [-0.2, -0.15) is 0 Å². The number of piperidine rings is 1. The van der Waals surface area contributed by atoms with Gasteiger partial charge in [0.2, 0.25) is 0 Å². The maximum atomic E-state index is 10.0. The highest BCUT2D eigenvalue weighted by Crippen LogP contribution is 2.27. The normalized spacial score (nSPS) is 32.1. The number of nitrogens with two attached hydrogens (primary N) is 1. The first-order valence-electron chi connectivity index (χ1n) is 6.53. The van der Waals surface area contributed by atoms with Crippen molar-refractivity contribution < 1.29 is 9.84 Å². The molecule has 3 atom stereocenters. The Hall–Kier alpha value is -0.160. The number of likely N-dealkylation sites (tertiary alicyclic amines) is 1. The summed E-state index contributed by atoms with van der Waals surface area (Å²) in [4.78, 5) is 2.40. The van der Waals surface area contributed by atoms with Crippen molar-refractivity contribution in [2.45, 2.75) is 57.3 Å². The third-order valence-electron chi connectivity index (χ3n) is 3.98. The number of ether oxygens (including phenoxy) is 1. The van der Waals surface area contributed by atoms with E-state index in [1.54, 1.807) is 7.11 Å². The minimum Gasteiger partial charge on any atom is -0.389 e. The number of hydrogen-bond donors (Lipinski definition) is 2. The van der Waals surface area contributed by atoms with Crippen molar-refractivity contribution in [3.05, 3.63) is 0 Å². The van der Waals surface area contributed by atoms with E-state index < -0.39 is 5.60 Å². The molecular formula is C13H28N2O2. The smallest absolute Gasteiger partial charge is 0.0777 e. The first-order chi connectivity index (χ1) is 7.82. The highest BCUT2D eigenvalue weighted by Gasteiger charge is 2.34. The van der Waals surface area contributed by atoms with Gasteiger partial charge in [0.1, 0.15) is 0 Å².